The van der Waals surface area contributed by atoms with Gasteiger partial charge in [-0.25, -0.2) is 0 Å². The van der Waals surface area contributed by atoms with E-state index in [-0.39, 0.29) is 5.91 Å². The Labute approximate surface area is 129 Å². The Kier molecular flexibility index (Phi) is 8.98. The first-order valence-corrected chi connectivity index (χ1v) is 7.92. The number of hydrogen-bond acceptors (Lipinski definition) is 3. The fourth-order valence-electron chi connectivity index (χ4n) is 2.64. The van der Waals surface area contributed by atoms with Crippen molar-refractivity contribution in [3.63, 3.8) is 0 Å². The maximum atomic E-state index is 12.8. The van der Waals surface area contributed by atoms with Crippen molar-refractivity contribution >= 4 is 23.1 Å². The number of thiocarbonyl (C=S) groups is 1. The lowest BCUT2D eigenvalue weighted by atomic mass is 9.77. The molecule has 1 amide bonds. The molecule has 118 valence electrons. The third kappa shape index (κ3) is 5.37. The van der Waals surface area contributed by atoms with Gasteiger partial charge in [-0.3, -0.25) is 4.79 Å². The number of nitrogens with two attached hydrogens (primary N) is 1. The van der Waals surface area contributed by atoms with Crippen molar-refractivity contribution in [2.24, 2.45) is 11.1 Å². The zero-order valence-corrected chi connectivity index (χ0v) is 14.6. The van der Waals surface area contributed by atoms with Crippen LogP contribution in [0.25, 0.3) is 0 Å². The molecule has 0 aliphatic carbocycles. The van der Waals surface area contributed by atoms with E-state index in [1.807, 2.05) is 21.1 Å². The van der Waals surface area contributed by atoms with Crippen molar-refractivity contribution in [1.82, 2.24) is 9.80 Å². The third-order valence-corrected chi connectivity index (χ3v) is 4.07. The topological polar surface area (TPSA) is 49.6 Å². The van der Waals surface area contributed by atoms with Crippen LogP contribution in [0.2, 0.25) is 0 Å². The van der Waals surface area contributed by atoms with Gasteiger partial charge in [0.15, 0.2) is 0 Å². The predicted molar refractivity (Wildman–Crippen MR) is 89.8 cm³/mol. The Morgan fingerprint density at radius 2 is 1.60 bits per heavy atom. The Morgan fingerprint density at radius 3 is 1.95 bits per heavy atom. The van der Waals surface area contributed by atoms with Gasteiger partial charge in [0, 0.05) is 13.6 Å². The molecule has 0 aromatic rings. The fraction of sp³-hybridized carbons (Fsp3) is 0.867. The number of rotatable bonds is 10. The van der Waals surface area contributed by atoms with Crippen molar-refractivity contribution in [1.29, 1.82) is 0 Å². The summed E-state index contributed by atoms with van der Waals surface area (Å²) in [5.41, 5.74) is 5.29. The standard InChI is InChI=1S/C15H31N3OS/c1-6-9-15(10-7-2,13(16)20)14(19)18(5)12-8-11-17(3)4/h6-12H2,1-5H3,(H2,16,20). The minimum Gasteiger partial charge on any atom is -0.392 e. The number of hydrogen-bond donors (Lipinski definition) is 1. The van der Waals surface area contributed by atoms with Gasteiger partial charge in [0.1, 0.15) is 0 Å². The maximum absolute atomic E-state index is 12.8. The Bertz CT molecular complexity index is 312. The Balaban J connectivity index is 4.88. The van der Waals surface area contributed by atoms with Gasteiger partial charge in [-0.1, -0.05) is 38.9 Å². The summed E-state index contributed by atoms with van der Waals surface area (Å²) in [7, 11) is 5.93. The van der Waals surface area contributed by atoms with Gasteiger partial charge in [0.25, 0.3) is 0 Å². The molecular weight excluding hydrogens is 270 g/mol. The minimum atomic E-state index is -0.647. The maximum Gasteiger partial charge on any atom is 0.235 e. The van der Waals surface area contributed by atoms with E-state index in [4.69, 9.17) is 18.0 Å². The molecular formula is C15H31N3OS. The number of carbonyl (C=O) groups excluding carboxylic acids is 1. The van der Waals surface area contributed by atoms with Crippen LogP contribution in [0.1, 0.15) is 46.0 Å². The zero-order chi connectivity index (χ0) is 15.8. The highest BCUT2D eigenvalue weighted by molar-refractivity contribution is 7.80. The van der Waals surface area contributed by atoms with Crippen LogP contribution in [-0.2, 0) is 4.79 Å². The first-order valence-electron chi connectivity index (χ1n) is 7.52. The van der Waals surface area contributed by atoms with Gasteiger partial charge >= 0.3 is 0 Å². The molecule has 0 aromatic carbocycles. The summed E-state index contributed by atoms with van der Waals surface area (Å²) in [5.74, 6) is 0.0902. The fourth-order valence-corrected chi connectivity index (χ4v) is 2.93. The smallest absolute Gasteiger partial charge is 0.235 e. The van der Waals surface area contributed by atoms with Gasteiger partial charge in [-0.05, 0) is 39.9 Å². The van der Waals surface area contributed by atoms with Crippen LogP contribution < -0.4 is 5.73 Å². The summed E-state index contributed by atoms with van der Waals surface area (Å²) >= 11 is 5.23. The van der Waals surface area contributed by atoms with E-state index in [1.165, 1.54) is 0 Å². The van der Waals surface area contributed by atoms with Crippen molar-refractivity contribution in [3.05, 3.63) is 0 Å². The molecule has 0 atom stereocenters. The molecule has 0 saturated heterocycles. The summed E-state index contributed by atoms with van der Waals surface area (Å²) < 4.78 is 0. The summed E-state index contributed by atoms with van der Waals surface area (Å²) in [5, 5.41) is 0. The lowest BCUT2D eigenvalue weighted by molar-refractivity contribution is -0.137. The highest BCUT2D eigenvalue weighted by Crippen LogP contribution is 2.32. The van der Waals surface area contributed by atoms with Gasteiger partial charge < -0.3 is 15.5 Å². The molecule has 0 rings (SSSR count). The van der Waals surface area contributed by atoms with E-state index >= 15 is 0 Å². The number of carbonyl (C=O) groups is 1. The van der Waals surface area contributed by atoms with Crippen molar-refractivity contribution in [2.75, 3.05) is 34.2 Å². The van der Waals surface area contributed by atoms with Gasteiger partial charge in [0.05, 0.1) is 10.4 Å². The monoisotopic (exact) mass is 301 g/mol. The van der Waals surface area contributed by atoms with E-state index in [1.54, 1.807) is 4.90 Å². The highest BCUT2D eigenvalue weighted by atomic mass is 32.1. The van der Waals surface area contributed by atoms with Crippen LogP contribution in [0.15, 0.2) is 0 Å². The molecule has 4 nitrogen and oxygen atoms in total. The van der Waals surface area contributed by atoms with E-state index in [0.29, 0.717) is 4.99 Å². The zero-order valence-electron chi connectivity index (χ0n) is 13.7. The van der Waals surface area contributed by atoms with Gasteiger partial charge in [0.2, 0.25) is 5.91 Å². The van der Waals surface area contributed by atoms with Crippen LogP contribution in [0.3, 0.4) is 0 Å². The lowest BCUT2D eigenvalue weighted by Gasteiger charge is -2.35. The van der Waals surface area contributed by atoms with Gasteiger partial charge in [-0.15, -0.1) is 0 Å². The SMILES string of the molecule is CCCC(CCC)(C(=O)N(C)CCCN(C)C)C(N)=S. The third-order valence-electron chi connectivity index (χ3n) is 3.68. The number of nitrogens with zero attached hydrogens (tertiary/aromatic N) is 2. The van der Waals surface area contributed by atoms with E-state index in [0.717, 1.165) is 45.2 Å². The molecule has 0 saturated carbocycles. The average Bonchev–Trinajstić information content (AvgIpc) is 2.36. The van der Waals surface area contributed by atoms with Crippen LogP contribution in [0, 0.1) is 5.41 Å². The second-order valence-electron chi connectivity index (χ2n) is 5.83. The average molecular weight is 301 g/mol. The summed E-state index contributed by atoms with van der Waals surface area (Å²) in [6, 6.07) is 0. The second kappa shape index (κ2) is 9.29. The van der Waals surface area contributed by atoms with Gasteiger partial charge in [-0.2, -0.15) is 0 Å². The molecule has 5 heteroatoms. The van der Waals surface area contributed by atoms with Crippen LogP contribution >= 0.6 is 12.2 Å². The first-order chi connectivity index (χ1) is 9.31. The van der Waals surface area contributed by atoms with E-state index < -0.39 is 5.41 Å². The molecule has 0 aliphatic heterocycles. The van der Waals surface area contributed by atoms with Crippen LogP contribution in [0.5, 0.6) is 0 Å². The normalized spacial score (nSPS) is 11.7. The summed E-state index contributed by atoms with van der Waals surface area (Å²) in [6.07, 6.45) is 4.27. The lowest BCUT2D eigenvalue weighted by Crippen LogP contribution is -2.49. The predicted octanol–water partition coefficient (Wildman–Crippen LogP) is 2.27. The van der Waals surface area contributed by atoms with Crippen LogP contribution in [-0.4, -0.2) is 54.9 Å². The Hall–Kier alpha value is -0.680. The minimum absolute atomic E-state index is 0.0902. The van der Waals surface area contributed by atoms with Crippen molar-refractivity contribution in [3.8, 4) is 0 Å². The van der Waals surface area contributed by atoms with E-state index in [2.05, 4.69) is 18.7 Å². The highest BCUT2D eigenvalue weighted by Gasteiger charge is 2.41. The molecule has 20 heavy (non-hydrogen) atoms. The molecule has 0 unspecified atom stereocenters. The second-order valence-corrected chi connectivity index (χ2v) is 6.27. The molecule has 0 aliphatic rings. The molecule has 0 radical (unpaired) electrons. The molecule has 0 fully saturated rings. The molecule has 0 aromatic heterocycles. The largest absolute Gasteiger partial charge is 0.392 e. The molecule has 0 spiro atoms. The van der Waals surface area contributed by atoms with Crippen LogP contribution in [0.4, 0.5) is 0 Å². The Morgan fingerprint density at radius 1 is 1.10 bits per heavy atom. The van der Waals surface area contributed by atoms with Crippen molar-refractivity contribution in [2.45, 2.75) is 46.0 Å². The first kappa shape index (κ1) is 19.3. The van der Waals surface area contributed by atoms with E-state index in [9.17, 15) is 4.79 Å². The molecule has 0 heterocycles. The molecule has 0 bridgehead atoms. The van der Waals surface area contributed by atoms with Crippen molar-refractivity contribution < 1.29 is 4.79 Å². The summed E-state index contributed by atoms with van der Waals surface area (Å²) in [6.45, 7) is 5.86. The molecule has 2 N–H and O–H groups in total. The number of amides is 1. The quantitative estimate of drug-likeness (QED) is 0.629. The summed E-state index contributed by atoms with van der Waals surface area (Å²) in [4.78, 5) is 17.1.